The molecule has 2 aromatic rings. The third-order valence-electron chi connectivity index (χ3n) is 3.92. The Morgan fingerprint density at radius 2 is 1.52 bits per heavy atom. The van der Waals surface area contributed by atoms with Crippen LogP contribution in [0.4, 0.5) is 10.1 Å². The highest BCUT2D eigenvalue weighted by molar-refractivity contribution is 7.89. The zero-order valence-corrected chi connectivity index (χ0v) is 15.3. The van der Waals surface area contributed by atoms with Gasteiger partial charge in [-0.25, -0.2) is 17.1 Å². The molecule has 0 aliphatic carbocycles. The molecule has 7 heteroatoms. The summed E-state index contributed by atoms with van der Waals surface area (Å²) < 4.78 is 38.1. The van der Waals surface area contributed by atoms with E-state index in [1.54, 1.807) is 43.4 Å². The molecular formula is C18H21FN2O3S. The summed E-state index contributed by atoms with van der Waals surface area (Å²) in [5.41, 5.74) is 1.50. The van der Waals surface area contributed by atoms with Gasteiger partial charge in [0.05, 0.1) is 4.90 Å². The molecule has 0 heterocycles. The number of benzene rings is 2. The number of nitrogens with zero attached hydrogens (tertiary/aromatic N) is 2. The molecule has 0 N–H and O–H groups in total. The number of carbonyl (C=O) groups is 1. The number of aryl methyl sites for hydroxylation is 1. The molecule has 1 amide bonds. The first-order valence-corrected chi connectivity index (χ1v) is 9.19. The summed E-state index contributed by atoms with van der Waals surface area (Å²) in [4.78, 5) is 13.9. The van der Waals surface area contributed by atoms with E-state index in [1.165, 1.54) is 31.1 Å². The van der Waals surface area contributed by atoms with Crippen LogP contribution in [0.1, 0.15) is 12.0 Å². The van der Waals surface area contributed by atoms with Crippen molar-refractivity contribution < 1.29 is 17.6 Å². The van der Waals surface area contributed by atoms with E-state index in [0.717, 1.165) is 9.87 Å². The second-order valence-corrected chi connectivity index (χ2v) is 8.01. The van der Waals surface area contributed by atoms with E-state index >= 15 is 0 Å². The summed E-state index contributed by atoms with van der Waals surface area (Å²) in [5, 5.41) is 0. The number of anilines is 1. The fourth-order valence-electron chi connectivity index (χ4n) is 2.27. The van der Waals surface area contributed by atoms with Crippen molar-refractivity contribution in [1.82, 2.24) is 4.31 Å². The number of rotatable bonds is 6. The Kier molecular flexibility index (Phi) is 5.92. The molecule has 0 saturated carbocycles. The van der Waals surface area contributed by atoms with Crippen molar-refractivity contribution in [2.75, 3.05) is 26.0 Å². The molecule has 134 valence electrons. The number of halogens is 1. The molecule has 0 aliphatic heterocycles. The monoisotopic (exact) mass is 364 g/mol. The minimum absolute atomic E-state index is 0.100. The van der Waals surface area contributed by atoms with Crippen LogP contribution < -0.4 is 4.90 Å². The second kappa shape index (κ2) is 7.76. The molecule has 0 fully saturated rings. The maximum absolute atomic E-state index is 12.9. The second-order valence-electron chi connectivity index (χ2n) is 5.86. The summed E-state index contributed by atoms with van der Waals surface area (Å²) in [7, 11) is 1.15. The van der Waals surface area contributed by atoms with Crippen LogP contribution in [-0.2, 0) is 21.2 Å². The highest BCUT2D eigenvalue weighted by Crippen LogP contribution is 2.17. The number of hydrogen-bond acceptors (Lipinski definition) is 3. The lowest BCUT2D eigenvalue weighted by Crippen LogP contribution is -2.26. The van der Waals surface area contributed by atoms with Crippen LogP contribution >= 0.6 is 0 Å². The summed E-state index contributed by atoms with van der Waals surface area (Å²) in [6.07, 6.45) is 0.764. The van der Waals surface area contributed by atoms with E-state index in [2.05, 4.69) is 0 Å². The lowest BCUT2D eigenvalue weighted by atomic mass is 10.1. The average Bonchev–Trinajstić information content (AvgIpc) is 2.60. The lowest BCUT2D eigenvalue weighted by molar-refractivity contribution is -0.118. The normalized spacial score (nSPS) is 11.6. The van der Waals surface area contributed by atoms with Gasteiger partial charge in [0, 0.05) is 33.3 Å². The Labute approximate surface area is 147 Å². The Morgan fingerprint density at radius 3 is 2.04 bits per heavy atom. The minimum Gasteiger partial charge on any atom is -0.315 e. The van der Waals surface area contributed by atoms with Crippen LogP contribution in [0.3, 0.4) is 0 Å². The molecular weight excluding hydrogens is 343 g/mol. The van der Waals surface area contributed by atoms with Crippen molar-refractivity contribution in [2.24, 2.45) is 0 Å². The molecule has 0 spiro atoms. The standard InChI is InChI=1S/C18H21FN2O3S/c1-20(2)25(23,24)17-11-4-14(5-12-17)6-13-18(22)21(3)16-9-7-15(19)8-10-16/h4-5,7-12H,6,13H2,1-3H3. The molecule has 5 nitrogen and oxygen atoms in total. The smallest absolute Gasteiger partial charge is 0.242 e. The van der Waals surface area contributed by atoms with E-state index in [1.807, 2.05) is 0 Å². The minimum atomic E-state index is -3.45. The SMILES string of the molecule is CN(C(=O)CCc1ccc(S(=O)(=O)N(C)C)cc1)c1ccc(F)cc1. The molecule has 0 atom stereocenters. The average molecular weight is 364 g/mol. The number of carbonyl (C=O) groups excluding carboxylic acids is 1. The summed E-state index contributed by atoms with van der Waals surface area (Å²) in [6.45, 7) is 0. The van der Waals surface area contributed by atoms with Gasteiger partial charge in [-0.05, 0) is 48.4 Å². The third kappa shape index (κ3) is 4.64. The van der Waals surface area contributed by atoms with Gasteiger partial charge < -0.3 is 4.90 Å². The van der Waals surface area contributed by atoms with Crippen LogP contribution in [0.25, 0.3) is 0 Å². The van der Waals surface area contributed by atoms with Gasteiger partial charge >= 0.3 is 0 Å². The fraction of sp³-hybridized carbons (Fsp3) is 0.278. The number of sulfonamides is 1. The summed E-state index contributed by atoms with van der Waals surface area (Å²) >= 11 is 0. The van der Waals surface area contributed by atoms with E-state index in [-0.39, 0.29) is 23.0 Å². The molecule has 0 bridgehead atoms. The Balaban J connectivity index is 1.99. The predicted octanol–water partition coefficient (Wildman–Crippen LogP) is 2.67. The Hall–Kier alpha value is -2.25. The summed E-state index contributed by atoms with van der Waals surface area (Å²) in [6, 6.07) is 12.2. The quantitative estimate of drug-likeness (QED) is 0.792. The highest BCUT2D eigenvalue weighted by Gasteiger charge is 2.17. The maximum atomic E-state index is 12.9. The van der Waals surface area contributed by atoms with Crippen LogP contribution in [0, 0.1) is 5.82 Å². The van der Waals surface area contributed by atoms with Crippen molar-refractivity contribution >= 4 is 21.6 Å². The van der Waals surface area contributed by atoms with Crippen molar-refractivity contribution in [3.63, 3.8) is 0 Å². The molecule has 0 aliphatic rings. The number of amides is 1. The molecule has 0 radical (unpaired) electrons. The van der Waals surface area contributed by atoms with Crippen molar-refractivity contribution in [3.05, 3.63) is 59.9 Å². The maximum Gasteiger partial charge on any atom is 0.242 e. The van der Waals surface area contributed by atoms with Crippen LogP contribution in [-0.4, -0.2) is 39.8 Å². The third-order valence-corrected chi connectivity index (χ3v) is 5.75. The van der Waals surface area contributed by atoms with Crippen LogP contribution in [0.2, 0.25) is 0 Å². The van der Waals surface area contributed by atoms with E-state index in [0.29, 0.717) is 12.1 Å². The largest absolute Gasteiger partial charge is 0.315 e. The molecule has 2 rings (SSSR count). The van der Waals surface area contributed by atoms with E-state index in [4.69, 9.17) is 0 Å². The van der Waals surface area contributed by atoms with Gasteiger partial charge in [-0.3, -0.25) is 4.79 Å². The van der Waals surface area contributed by atoms with Gasteiger partial charge in [-0.2, -0.15) is 0 Å². The summed E-state index contributed by atoms with van der Waals surface area (Å²) in [5.74, 6) is -0.450. The van der Waals surface area contributed by atoms with Gasteiger partial charge in [0.1, 0.15) is 5.82 Å². The Morgan fingerprint density at radius 1 is 0.960 bits per heavy atom. The zero-order valence-electron chi connectivity index (χ0n) is 14.4. The first-order valence-electron chi connectivity index (χ1n) is 7.75. The van der Waals surface area contributed by atoms with E-state index < -0.39 is 10.0 Å². The first-order chi connectivity index (χ1) is 11.7. The van der Waals surface area contributed by atoms with Gasteiger partial charge in [0.15, 0.2) is 0 Å². The van der Waals surface area contributed by atoms with Crippen molar-refractivity contribution in [2.45, 2.75) is 17.7 Å². The van der Waals surface area contributed by atoms with Gasteiger partial charge in [0.2, 0.25) is 15.9 Å². The van der Waals surface area contributed by atoms with Crippen molar-refractivity contribution in [1.29, 1.82) is 0 Å². The molecule has 2 aromatic carbocycles. The fourth-order valence-corrected chi connectivity index (χ4v) is 3.17. The van der Waals surface area contributed by atoms with Crippen molar-refractivity contribution in [3.8, 4) is 0 Å². The Bertz CT molecular complexity index is 832. The van der Waals surface area contributed by atoms with Gasteiger partial charge in [-0.1, -0.05) is 12.1 Å². The predicted molar refractivity (Wildman–Crippen MR) is 95.4 cm³/mol. The number of hydrogen-bond donors (Lipinski definition) is 0. The topological polar surface area (TPSA) is 57.7 Å². The lowest BCUT2D eigenvalue weighted by Gasteiger charge is -2.17. The van der Waals surface area contributed by atoms with Gasteiger partial charge in [-0.15, -0.1) is 0 Å². The highest BCUT2D eigenvalue weighted by atomic mass is 32.2. The zero-order chi connectivity index (χ0) is 18.6. The first kappa shape index (κ1) is 19.1. The van der Waals surface area contributed by atoms with Gasteiger partial charge in [0.25, 0.3) is 0 Å². The molecule has 25 heavy (non-hydrogen) atoms. The molecule has 0 saturated heterocycles. The van der Waals surface area contributed by atoms with Crippen LogP contribution in [0.5, 0.6) is 0 Å². The molecule has 0 unspecified atom stereocenters. The van der Waals surface area contributed by atoms with E-state index in [9.17, 15) is 17.6 Å². The van der Waals surface area contributed by atoms with Crippen LogP contribution in [0.15, 0.2) is 53.4 Å². The molecule has 0 aromatic heterocycles.